The summed E-state index contributed by atoms with van der Waals surface area (Å²) < 4.78 is 24.9. The molecular weight excluding hydrogens is 502 g/mol. The van der Waals surface area contributed by atoms with Crippen LogP contribution in [0.5, 0.6) is 0 Å². The van der Waals surface area contributed by atoms with Gasteiger partial charge in [0.05, 0.1) is 23.3 Å². The zero-order valence-corrected chi connectivity index (χ0v) is 21.2. The number of sulfonamides is 1. The van der Waals surface area contributed by atoms with Crippen LogP contribution in [0.2, 0.25) is 5.02 Å². The summed E-state index contributed by atoms with van der Waals surface area (Å²) in [6, 6.07) is 19.2. The maximum Gasteiger partial charge on any atom is 0.303 e. The molecular formula is C26H24ClN3O5S. The molecule has 3 aromatic rings. The molecule has 1 aliphatic rings. The van der Waals surface area contributed by atoms with Gasteiger partial charge in [-0.05, 0) is 59.5 Å². The van der Waals surface area contributed by atoms with Crippen LogP contribution in [0.3, 0.4) is 0 Å². The van der Waals surface area contributed by atoms with E-state index in [9.17, 15) is 18.0 Å². The third-order valence-corrected chi connectivity index (χ3v) is 7.40. The molecule has 0 saturated carbocycles. The van der Waals surface area contributed by atoms with Crippen molar-refractivity contribution in [2.45, 2.75) is 18.8 Å². The normalized spacial score (nSPS) is 15.4. The van der Waals surface area contributed by atoms with Crippen LogP contribution in [0.25, 0.3) is 0 Å². The molecule has 2 N–H and O–H groups in total. The van der Waals surface area contributed by atoms with E-state index >= 15 is 0 Å². The van der Waals surface area contributed by atoms with E-state index in [0.29, 0.717) is 39.8 Å². The van der Waals surface area contributed by atoms with Crippen LogP contribution in [0.1, 0.15) is 29.0 Å². The van der Waals surface area contributed by atoms with Crippen molar-refractivity contribution in [3.8, 4) is 0 Å². The minimum atomic E-state index is -3.41. The number of hydrogen-bond donors (Lipinski definition) is 2. The van der Waals surface area contributed by atoms with Gasteiger partial charge in [0.15, 0.2) is 0 Å². The number of rotatable bonds is 8. The lowest BCUT2D eigenvalue weighted by Crippen LogP contribution is -2.24. The fourth-order valence-corrected chi connectivity index (χ4v) is 4.64. The van der Waals surface area contributed by atoms with Crippen LogP contribution in [-0.2, 0) is 26.0 Å². The van der Waals surface area contributed by atoms with Crippen molar-refractivity contribution in [3.63, 3.8) is 0 Å². The molecule has 186 valence electrons. The number of carbonyl (C=O) groups excluding carboxylic acids is 1. The van der Waals surface area contributed by atoms with Crippen LogP contribution in [-0.4, -0.2) is 44.4 Å². The van der Waals surface area contributed by atoms with Crippen molar-refractivity contribution in [2.75, 3.05) is 22.9 Å². The summed E-state index contributed by atoms with van der Waals surface area (Å²) in [6.45, 7) is 0. The van der Waals surface area contributed by atoms with Gasteiger partial charge in [0.25, 0.3) is 0 Å². The molecule has 3 aromatic carbocycles. The summed E-state index contributed by atoms with van der Waals surface area (Å²) >= 11 is 6.12. The monoisotopic (exact) mass is 525 g/mol. The Morgan fingerprint density at radius 2 is 1.75 bits per heavy atom. The molecule has 36 heavy (non-hydrogen) atoms. The van der Waals surface area contributed by atoms with Crippen LogP contribution >= 0.6 is 11.6 Å². The van der Waals surface area contributed by atoms with Crippen molar-refractivity contribution in [2.24, 2.45) is 4.99 Å². The van der Waals surface area contributed by atoms with Gasteiger partial charge in [0.2, 0.25) is 15.9 Å². The number of aliphatic imine (C=N–C) groups is 1. The molecule has 0 fully saturated rings. The fourth-order valence-electron chi connectivity index (χ4n) is 3.96. The Morgan fingerprint density at radius 1 is 1.08 bits per heavy atom. The van der Waals surface area contributed by atoms with Gasteiger partial charge in [-0.25, -0.2) is 8.42 Å². The Bertz CT molecular complexity index is 1450. The number of nitrogens with zero attached hydrogens (tertiary/aromatic N) is 2. The maximum atomic E-state index is 13.1. The van der Waals surface area contributed by atoms with Gasteiger partial charge in [-0.15, -0.1) is 0 Å². The third kappa shape index (κ3) is 5.58. The molecule has 1 unspecified atom stereocenters. The Hall–Kier alpha value is -3.69. The van der Waals surface area contributed by atoms with E-state index in [1.165, 1.54) is 11.4 Å². The van der Waals surface area contributed by atoms with Gasteiger partial charge in [0.1, 0.15) is 5.92 Å². The number of aliphatic carboxylic acids is 1. The number of carboxylic acid groups (broad SMARTS) is 1. The number of halogens is 1. The molecule has 1 atom stereocenters. The van der Waals surface area contributed by atoms with E-state index in [4.69, 9.17) is 21.7 Å². The highest BCUT2D eigenvalue weighted by Gasteiger charge is 2.35. The lowest BCUT2D eigenvalue weighted by molar-refractivity contribution is -0.137. The highest BCUT2D eigenvalue weighted by molar-refractivity contribution is 7.92. The minimum absolute atomic E-state index is 0.0216. The van der Waals surface area contributed by atoms with E-state index in [0.717, 1.165) is 17.4 Å². The highest BCUT2D eigenvalue weighted by Crippen LogP contribution is 2.38. The van der Waals surface area contributed by atoms with E-state index in [-0.39, 0.29) is 12.3 Å². The minimum Gasteiger partial charge on any atom is -0.481 e. The summed E-state index contributed by atoms with van der Waals surface area (Å²) in [4.78, 5) is 28.8. The topological polar surface area (TPSA) is 116 Å². The lowest BCUT2D eigenvalue weighted by Gasteiger charge is -2.17. The molecule has 1 aliphatic heterocycles. The number of carbonyl (C=O) groups is 2. The zero-order chi connectivity index (χ0) is 26.0. The molecule has 1 heterocycles. The van der Waals surface area contributed by atoms with Gasteiger partial charge in [-0.2, -0.15) is 0 Å². The molecule has 0 aromatic heterocycles. The van der Waals surface area contributed by atoms with Crippen LogP contribution in [0, 0.1) is 0 Å². The SMILES string of the molecule is CN(c1ccc(N=C(c2ccc(CCC(=O)O)cc2)C2C(=O)Nc3cc(Cl)ccc32)cc1)S(C)(=O)=O. The summed E-state index contributed by atoms with van der Waals surface area (Å²) in [5.74, 6) is -1.81. The van der Waals surface area contributed by atoms with E-state index in [1.54, 1.807) is 42.5 Å². The highest BCUT2D eigenvalue weighted by atomic mass is 35.5. The number of benzene rings is 3. The lowest BCUT2D eigenvalue weighted by atomic mass is 9.90. The molecule has 0 saturated heterocycles. The number of aryl methyl sites for hydroxylation is 1. The molecule has 4 rings (SSSR count). The van der Waals surface area contributed by atoms with Gasteiger partial charge < -0.3 is 10.4 Å². The van der Waals surface area contributed by atoms with Crippen molar-refractivity contribution in [1.82, 2.24) is 0 Å². The van der Waals surface area contributed by atoms with Gasteiger partial charge in [-0.3, -0.25) is 18.9 Å². The summed E-state index contributed by atoms with van der Waals surface area (Å²) in [7, 11) is -1.94. The average Bonchev–Trinajstić information content (AvgIpc) is 3.15. The number of carboxylic acids is 1. The Labute approximate surface area is 214 Å². The quantitative estimate of drug-likeness (QED) is 0.417. The molecule has 1 amide bonds. The van der Waals surface area contributed by atoms with Crippen molar-refractivity contribution in [1.29, 1.82) is 0 Å². The summed E-state index contributed by atoms with van der Waals surface area (Å²) in [6.07, 6.45) is 1.54. The van der Waals surface area contributed by atoms with Crippen molar-refractivity contribution < 1.29 is 23.1 Å². The van der Waals surface area contributed by atoms with Gasteiger partial charge >= 0.3 is 5.97 Å². The molecule has 0 radical (unpaired) electrons. The van der Waals surface area contributed by atoms with Crippen molar-refractivity contribution >= 4 is 56.3 Å². The second-order valence-electron chi connectivity index (χ2n) is 8.49. The van der Waals surface area contributed by atoms with E-state index < -0.39 is 21.9 Å². The second-order valence-corrected chi connectivity index (χ2v) is 10.9. The predicted octanol–water partition coefficient (Wildman–Crippen LogP) is 4.61. The first-order valence-corrected chi connectivity index (χ1v) is 13.3. The van der Waals surface area contributed by atoms with Crippen LogP contribution < -0.4 is 9.62 Å². The molecule has 10 heteroatoms. The van der Waals surface area contributed by atoms with Crippen LogP contribution in [0.4, 0.5) is 17.1 Å². The second kappa shape index (κ2) is 10.1. The fraction of sp³-hybridized carbons (Fsp3) is 0.192. The number of anilines is 2. The molecule has 0 aliphatic carbocycles. The zero-order valence-electron chi connectivity index (χ0n) is 19.6. The van der Waals surface area contributed by atoms with Crippen LogP contribution in [0.15, 0.2) is 71.7 Å². The maximum absolute atomic E-state index is 13.1. The number of nitrogens with one attached hydrogen (secondary N) is 1. The molecule has 0 bridgehead atoms. The van der Waals surface area contributed by atoms with E-state index in [1.807, 2.05) is 24.3 Å². The number of hydrogen-bond acceptors (Lipinski definition) is 5. The van der Waals surface area contributed by atoms with Gasteiger partial charge in [-0.1, -0.05) is 41.9 Å². The first kappa shape index (κ1) is 25.4. The largest absolute Gasteiger partial charge is 0.481 e. The first-order valence-electron chi connectivity index (χ1n) is 11.1. The number of amides is 1. The Kier molecular flexibility index (Phi) is 7.14. The van der Waals surface area contributed by atoms with E-state index in [2.05, 4.69) is 5.32 Å². The predicted molar refractivity (Wildman–Crippen MR) is 141 cm³/mol. The number of fused-ring (bicyclic) bond motifs is 1. The average molecular weight is 526 g/mol. The Morgan fingerprint density at radius 3 is 2.36 bits per heavy atom. The summed E-state index contributed by atoms with van der Waals surface area (Å²) in [5.41, 5.74) is 4.45. The standard InChI is InChI=1S/C26H24ClN3O5S/c1-30(36(2,34)35)20-11-9-19(10-12-20)28-25(17-6-3-16(4-7-17)5-14-23(31)32)24-21-13-8-18(27)15-22(21)29-26(24)33/h3-4,6-13,15,24H,5,14H2,1-2H3,(H,29,33)(H,31,32). The Balaban J connectivity index is 1.76. The summed E-state index contributed by atoms with van der Waals surface area (Å²) in [5, 5.41) is 12.3. The molecule has 0 spiro atoms. The molecule has 8 nitrogen and oxygen atoms in total. The van der Waals surface area contributed by atoms with Gasteiger partial charge in [0, 0.05) is 24.2 Å². The smallest absolute Gasteiger partial charge is 0.303 e. The third-order valence-electron chi connectivity index (χ3n) is 5.96. The van der Waals surface area contributed by atoms with Crippen molar-refractivity contribution in [3.05, 3.63) is 88.4 Å². The first-order chi connectivity index (χ1) is 17.0.